The van der Waals surface area contributed by atoms with Crippen LogP contribution in [0, 0.1) is 5.41 Å². The summed E-state index contributed by atoms with van der Waals surface area (Å²) in [6, 6.07) is 4.85. The van der Waals surface area contributed by atoms with Crippen molar-refractivity contribution in [2.24, 2.45) is 5.41 Å². The Morgan fingerprint density at radius 2 is 1.86 bits per heavy atom. The molecule has 0 heterocycles. The molecule has 1 aliphatic carbocycles. The van der Waals surface area contributed by atoms with Crippen molar-refractivity contribution >= 4 is 21.6 Å². The zero-order chi connectivity index (χ0) is 15.7. The van der Waals surface area contributed by atoms with Gasteiger partial charge in [0.1, 0.15) is 0 Å². The number of hydrogen-bond acceptors (Lipinski definition) is 2. The fourth-order valence-corrected chi connectivity index (χ4v) is 2.93. The molecule has 0 radical (unpaired) electrons. The van der Waals surface area contributed by atoms with Gasteiger partial charge in [-0.25, -0.2) is 0 Å². The van der Waals surface area contributed by atoms with Gasteiger partial charge in [0.15, 0.2) is 5.75 Å². The van der Waals surface area contributed by atoms with E-state index in [1.807, 2.05) is 0 Å². The Bertz CT molecular complexity index is 492. The Morgan fingerprint density at radius 3 is 2.43 bits per heavy atom. The first-order valence-corrected chi connectivity index (χ1v) is 7.76. The minimum absolute atomic E-state index is 0.190. The van der Waals surface area contributed by atoms with Crippen molar-refractivity contribution in [2.45, 2.75) is 51.9 Å². The summed E-state index contributed by atoms with van der Waals surface area (Å²) in [5.41, 5.74) is 0.712. The molecule has 0 atom stereocenters. The molecule has 1 aromatic rings. The summed E-state index contributed by atoms with van der Waals surface area (Å²) < 4.78 is 42.1. The van der Waals surface area contributed by atoms with E-state index in [9.17, 15) is 13.2 Å². The quantitative estimate of drug-likeness (QED) is 0.738. The summed E-state index contributed by atoms with van der Waals surface area (Å²) >= 11 is 3.17. The fraction of sp³-hybridized carbons (Fsp3) is 0.600. The standard InChI is InChI=1S/C15H19BrF3NO/c1-14(2)7-5-11(6-8-14)20-12-4-3-10(16)9-13(12)21-15(17,18)19/h3-4,9,11,20H,5-8H2,1-2H3. The van der Waals surface area contributed by atoms with Crippen LogP contribution in [-0.4, -0.2) is 12.4 Å². The van der Waals surface area contributed by atoms with Crippen molar-refractivity contribution in [3.05, 3.63) is 22.7 Å². The van der Waals surface area contributed by atoms with E-state index in [0.717, 1.165) is 25.7 Å². The number of rotatable bonds is 3. The first kappa shape index (κ1) is 16.5. The van der Waals surface area contributed by atoms with Crippen molar-refractivity contribution in [2.75, 3.05) is 5.32 Å². The number of benzene rings is 1. The Labute approximate surface area is 131 Å². The van der Waals surface area contributed by atoms with Crippen LogP contribution in [0.15, 0.2) is 22.7 Å². The lowest BCUT2D eigenvalue weighted by Crippen LogP contribution is -2.30. The molecule has 0 aromatic heterocycles. The third-order valence-electron chi connectivity index (χ3n) is 3.87. The molecule has 1 N–H and O–H groups in total. The van der Waals surface area contributed by atoms with Crippen LogP contribution < -0.4 is 10.1 Å². The average Bonchev–Trinajstić information content (AvgIpc) is 2.33. The maximum absolute atomic E-state index is 12.5. The molecule has 0 saturated heterocycles. The summed E-state index contributed by atoms with van der Waals surface area (Å²) in [5, 5.41) is 3.19. The molecular formula is C15H19BrF3NO. The van der Waals surface area contributed by atoms with Crippen LogP contribution in [0.1, 0.15) is 39.5 Å². The third kappa shape index (κ3) is 5.09. The van der Waals surface area contributed by atoms with E-state index < -0.39 is 6.36 Å². The average molecular weight is 366 g/mol. The molecule has 1 fully saturated rings. The molecule has 1 saturated carbocycles. The monoisotopic (exact) mass is 365 g/mol. The van der Waals surface area contributed by atoms with E-state index in [-0.39, 0.29) is 11.8 Å². The highest BCUT2D eigenvalue weighted by Gasteiger charge is 2.33. The number of halogens is 4. The first-order chi connectivity index (χ1) is 9.65. The van der Waals surface area contributed by atoms with Crippen molar-refractivity contribution in [1.29, 1.82) is 0 Å². The van der Waals surface area contributed by atoms with E-state index >= 15 is 0 Å². The zero-order valence-electron chi connectivity index (χ0n) is 12.1. The van der Waals surface area contributed by atoms with Gasteiger partial charge in [-0.05, 0) is 49.3 Å². The number of nitrogens with one attached hydrogen (secondary N) is 1. The smallest absolute Gasteiger partial charge is 0.404 e. The minimum Gasteiger partial charge on any atom is -0.404 e. The summed E-state index contributed by atoms with van der Waals surface area (Å²) in [7, 11) is 0. The Morgan fingerprint density at radius 1 is 1.24 bits per heavy atom. The SMILES string of the molecule is CC1(C)CCC(Nc2ccc(Br)cc2OC(F)(F)F)CC1. The van der Waals surface area contributed by atoms with Gasteiger partial charge in [0.05, 0.1) is 5.69 Å². The van der Waals surface area contributed by atoms with Gasteiger partial charge in [-0.3, -0.25) is 0 Å². The van der Waals surface area contributed by atoms with Crippen molar-refractivity contribution in [3.8, 4) is 5.75 Å². The topological polar surface area (TPSA) is 21.3 Å². The van der Waals surface area contributed by atoms with E-state index in [1.54, 1.807) is 12.1 Å². The lowest BCUT2D eigenvalue weighted by atomic mass is 9.75. The van der Waals surface area contributed by atoms with Gasteiger partial charge in [0, 0.05) is 10.5 Å². The van der Waals surface area contributed by atoms with Gasteiger partial charge >= 0.3 is 6.36 Å². The summed E-state index contributed by atoms with van der Waals surface area (Å²) in [4.78, 5) is 0. The minimum atomic E-state index is -4.69. The highest BCUT2D eigenvalue weighted by Crippen LogP contribution is 2.38. The summed E-state index contributed by atoms with van der Waals surface area (Å²) in [6.07, 6.45) is -0.651. The van der Waals surface area contributed by atoms with Crippen LogP contribution in [0.2, 0.25) is 0 Å². The summed E-state index contributed by atoms with van der Waals surface area (Å²) in [5.74, 6) is -0.193. The second kappa shape index (κ2) is 6.07. The molecule has 118 valence electrons. The predicted octanol–water partition coefficient (Wildman–Crippen LogP) is 5.73. The maximum atomic E-state index is 12.5. The molecule has 2 nitrogen and oxygen atoms in total. The van der Waals surface area contributed by atoms with Crippen LogP contribution in [0.4, 0.5) is 18.9 Å². The molecule has 1 aliphatic rings. The first-order valence-electron chi connectivity index (χ1n) is 6.96. The van der Waals surface area contributed by atoms with Crippen LogP contribution in [-0.2, 0) is 0 Å². The third-order valence-corrected chi connectivity index (χ3v) is 4.36. The van der Waals surface area contributed by atoms with Crippen LogP contribution in [0.3, 0.4) is 0 Å². The van der Waals surface area contributed by atoms with E-state index in [4.69, 9.17) is 0 Å². The van der Waals surface area contributed by atoms with Gasteiger partial charge in [-0.1, -0.05) is 29.8 Å². The normalized spacial score (nSPS) is 19.3. The van der Waals surface area contributed by atoms with E-state index in [1.165, 1.54) is 6.07 Å². The molecule has 6 heteroatoms. The number of ether oxygens (including phenoxy) is 1. The van der Waals surface area contributed by atoms with Gasteiger partial charge in [-0.15, -0.1) is 13.2 Å². The van der Waals surface area contributed by atoms with Crippen LogP contribution in [0.25, 0.3) is 0 Å². The van der Waals surface area contributed by atoms with Gasteiger partial charge in [-0.2, -0.15) is 0 Å². The molecule has 0 amide bonds. The van der Waals surface area contributed by atoms with Gasteiger partial charge < -0.3 is 10.1 Å². The van der Waals surface area contributed by atoms with Gasteiger partial charge in [0.2, 0.25) is 0 Å². The largest absolute Gasteiger partial charge is 0.573 e. The Balaban J connectivity index is 2.09. The number of anilines is 1. The lowest BCUT2D eigenvalue weighted by molar-refractivity contribution is -0.274. The van der Waals surface area contributed by atoms with Crippen LogP contribution in [0.5, 0.6) is 5.75 Å². The van der Waals surface area contributed by atoms with Gasteiger partial charge in [0.25, 0.3) is 0 Å². The number of alkyl halides is 3. The predicted molar refractivity (Wildman–Crippen MR) is 80.5 cm³/mol. The number of hydrogen-bond donors (Lipinski definition) is 1. The van der Waals surface area contributed by atoms with Crippen molar-refractivity contribution < 1.29 is 17.9 Å². The molecule has 1 aromatic carbocycles. The van der Waals surface area contributed by atoms with Crippen LogP contribution >= 0.6 is 15.9 Å². The molecular weight excluding hydrogens is 347 g/mol. The fourth-order valence-electron chi connectivity index (χ4n) is 2.59. The second-order valence-corrected chi connectivity index (χ2v) is 7.19. The Hall–Kier alpha value is -0.910. The Kier molecular flexibility index (Phi) is 4.76. The molecule has 0 unspecified atom stereocenters. The molecule has 0 aliphatic heterocycles. The lowest BCUT2D eigenvalue weighted by Gasteiger charge is -2.35. The molecule has 21 heavy (non-hydrogen) atoms. The maximum Gasteiger partial charge on any atom is 0.573 e. The highest BCUT2D eigenvalue weighted by atomic mass is 79.9. The molecule has 0 spiro atoms. The van der Waals surface area contributed by atoms with E-state index in [2.05, 4.69) is 39.8 Å². The highest BCUT2D eigenvalue weighted by molar-refractivity contribution is 9.10. The van der Waals surface area contributed by atoms with Crippen molar-refractivity contribution in [3.63, 3.8) is 0 Å². The summed E-state index contributed by atoms with van der Waals surface area (Å²) in [6.45, 7) is 4.45. The zero-order valence-corrected chi connectivity index (χ0v) is 13.6. The molecule has 2 rings (SSSR count). The molecule has 0 bridgehead atoms. The van der Waals surface area contributed by atoms with E-state index in [0.29, 0.717) is 15.6 Å². The van der Waals surface area contributed by atoms with Crippen molar-refractivity contribution in [1.82, 2.24) is 0 Å². The second-order valence-electron chi connectivity index (χ2n) is 6.27.